The van der Waals surface area contributed by atoms with E-state index in [0.717, 1.165) is 5.52 Å². The van der Waals surface area contributed by atoms with Gasteiger partial charge < -0.3 is 15.0 Å². The Bertz CT molecular complexity index is 547. The Morgan fingerprint density at radius 3 is 2.94 bits per heavy atom. The van der Waals surface area contributed by atoms with Crippen LogP contribution in [0.15, 0.2) is 12.3 Å². The van der Waals surface area contributed by atoms with Crippen LogP contribution in [0.3, 0.4) is 0 Å². The predicted molar refractivity (Wildman–Crippen MR) is 63.0 cm³/mol. The van der Waals surface area contributed by atoms with Crippen LogP contribution < -0.4 is 10.1 Å². The molecule has 0 saturated heterocycles. The average Bonchev–Trinajstić information content (AvgIpc) is 2.71. The summed E-state index contributed by atoms with van der Waals surface area (Å²) in [5.74, 6) is 0.431. The number of hydrogen-bond acceptors (Lipinski definition) is 4. The van der Waals surface area contributed by atoms with Crippen molar-refractivity contribution in [3.05, 3.63) is 18.1 Å². The number of rotatable bonds is 3. The number of nitrogens with one attached hydrogen (secondary N) is 2. The Balaban J connectivity index is 2.41. The number of aromatic nitrogens is 3. The molecule has 2 rings (SSSR count). The maximum Gasteiger partial charge on any atom is 0.287 e. The van der Waals surface area contributed by atoms with Crippen molar-refractivity contribution in [2.75, 3.05) is 7.11 Å². The number of methoxy groups -OCH3 is 1. The lowest BCUT2D eigenvalue weighted by Gasteiger charge is -2.04. The van der Waals surface area contributed by atoms with Gasteiger partial charge in [-0.2, -0.15) is 0 Å². The molecular formula is C11H14N4O2. The van der Waals surface area contributed by atoms with Gasteiger partial charge in [-0.3, -0.25) is 4.79 Å². The van der Waals surface area contributed by atoms with E-state index >= 15 is 0 Å². The van der Waals surface area contributed by atoms with Gasteiger partial charge in [-0.1, -0.05) is 0 Å². The number of nitrogens with zero attached hydrogens (tertiary/aromatic N) is 2. The van der Waals surface area contributed by atoms with E-state index in [2.05, 4.69) is 20.3 Å². The number of H-pyrrole nitrogens is 1. The fraction of sp³-hybridized carbons (Fsp3) is 0.364. The van der Waals surface area contributed by atoms with Crippen LogP contribution in [0.25, 0.3) is 11.0 Å². The summed E-state index contributed by atoms with van der Waals surface area (Å²) in [5.41, 5.74) is 1.29. The van der Waals surface area contributed by atoms with E-state index in [1.54, 1.807) is 12.3 Å². The summed E-state index contributed by atoms with van der Waals surface area (Å²) in [4.78, 5) is 22.9. The second kappa shape index (κ2) is 4.40. The number of pyridine rings is 1. The molecule has 17 heavy (non-hydrogen) atoms. The average molecular weight is 234 g/mol. The van der Waals surface area contributed by atoms with Gasteiger partial charge in [0.15, 0.2) is 11.3 Å². The first-order valence-corrected chi connectivity index (χ1v) is 5.31. The first-order valence-electron chi connectivity index (χ1n) is 5.31. The molecule has 0 aliphatic heterocycles. The van der Waals surface area contributed by atoms with E-state index < -0.39 is 0 Å². The monoisotopic (exact) mass is 234 g/mol. The van der Waals surface area contributed by atoms with Crippen molar-refractivity contribution in [2.45, 2.75) is 19.9 Å². The smallest absolute Gasteiger partial charge is 0.287 e. The van der Waals surface area contributed by atoms with Gasteiger partial charge in [-0.05, 0) is 19.9 Å². The Morgan fingerprint density at radius 1 is 1.53 bits per heavy atom. The van der Waals surface area contributed by atoms with E-state index in [9.17, 15) is 4.79 Å². The van der Waals surface area contributed by atoms with Gasteiger partial charge in [0.1, 0.15) is 0 Å². The molecule has 90 valence electrons. The second-order valence-corrected chi connectivity index (χ2v) is 3.93. The van der Waals surface area contributed by atoms with Gasteiger partial charge in [0.2, 0.25) is 5.88 Å². The minimum absolute atomic E-state index is 0.0655. The summed E-state index contributed by atoms with van der Waals surface area (Å²) in [5, 5.41) is 2.76. The topological polar surface area (TPSA) is 79.9 Å². The molecule has 6 nitrogen and oxygen atoms in total. The van der Waals surface area contributed by atoms with Crippen LogP contribution in [0.2, 0.25) is 0 Å². The van der Waals surface area contributed by atoms with Crippen LogP contribution in [0.5, 0.6) is 5.88 Å². The summed E-state index contributed by atoms with van der Waals surface area (Å²) in [6, 6.07) is 1.81. The lowest BCUT2D eigenvalue weighted by Crippen LogP contribution is -2.30. The van der Waals surface area contributed by atoms with Gasteiger partial charge in [0.05, 0.1) is 12.6 Å². The van der Waals surface area contributed by atoms with Crippen LogP contribution in [0, 0.1) is 0 Å². The molecule has 2 heterocycles. The zero-order valence-electron chi connectivity index (χ0n) is 9.94. The Morgan fingerprint density at radius 2 is 2.29 bits per heavy atom. The fourth-order valence-corrected chi connectivity index (χ4v) is 1.50. The summed E-state index contributed by atoms with van der Waals surface area (Å²) in [7, 11) is 1.52. The standard InChI is InChI=1S/C11H14N4O2/c1-6(2)13-10(16)9-14-7-4-5-12-11(17-3)8(7)15-9/h4-6H,1-3H3,(H,13,16)(H,14,15). The molecule has 0 radical (unpaired) electrons. The maximum absolute atomic E-state index is 11.8. The molecule has 0 atom stereocenters. The van der Waals surface area contributed by atoms with Crippen molar-refractivity contribution in [3.63, 3.8) is 0 Å². The first kappa shape index (κ1) is 11.4. The highest BCUT2D eigenvalue weighted by Crippen LogP contribution is 2.19. The quantitative estimate of drug-likeness (QED) is 0.833. The molecule has 6 heteroatoms. The summed E-state index contributed by atoms with van der Waals surface area (Å²) in [6.45, 7) is 3.78. The number of carbonyl (C=O) groups is 1. The Labute approximate surface area is 98.4 Å². The van der Waals surface area contributed by atoms with Gasteiger partial charge in [0.25, 0.3) is 5.91 Å². The summed E-state index contributed by atoms with van der Waals surface area (Å²) < 4.78 is 5.08. The minimum atomic E-state index is -0.238. The number of imidazole rings is 1. The normalized spacial score (nSPS) is 10.8. The predicted octanol–water partition coefficient (Wildman–Crippen LogP) is 1.10. The van der Waals surface area contributed by atoms with Crippen molar-refractivity contribution >= 4 is 16.9 Å². The highest BCUT2D eigenvalue weighted by molar-refractivity contribution is 5.95. The third-order valence-electron chi connectivity index (χ3n) is 2.20. The SMILES string of the molecule is COc1nccc2[nH]c(C(=O)NC(C)C)nc12. The molecule has 0 saturated carbocycles. The van der Waals surface area contributed by atoms with Crippen molar-refractivity contribution < 1.29 is 9.53 Å². The first-order chi connectivity index (χ1) is 8.11. The van der Waals surface area contributed by atoms with Gasteiger partial charge in [0, 0.05) is 12.2 Å². The molecule has 0 aliphatic rings. The fourth-order valence-electron chi connectivity index (χ4n) is 1.50. The molecule has 1 amide bonds. The third-order valence-corrected chi connectivity index (χ3v) is 2.20. The largest absolute Gasteiger partial charge is 0.479 e. The molecule has 0 unspecified atom stereocenters. The van der Waals surface area contributed by atoms with Crippen molar-refractivity contribution in [1.29, 1.82) is 0 Å². The molecule has 2 N–H and O–H groups in total. The zero-order chi connectivity index (χ0) is 12.4. The number of hydrogen-bond donors (Lipinski definition) is 2. The number of carbonyl (C=O) groups excluding carboxylic acids is 1. The van der Waals surface area contributed by atoms with E-state index in [0.29, 0.717) is 11.4 Å². The molecule has 0 spiro atoms. The van der Waals surface area contributed by atoms with Crippen LogP contribution >= 0.6 is 0 Å². The minimum Gasteiger partial charge on any atom is -0.479 e. The van der Waals surface area contributed by atoms with E-state index in [1.807, 2.05) is 13.8 Å². The molecule has 2 aromatic rings. The van der Waals surface area contributed by atoms with Crippen molar-refractivity contribution in [1.82, 2.24) is 20.3 Å². The van der Waals surface area contributed by atoms with Crippen molar-refractivity contribution in [2.24, 2.45) is 0 Å². The molecule has 0 aromatic carbocycles. The maximum atomic E-state index is 11.8. The molecule has 0 aliphatic carbocycles. The van der Waals surface area contributed by atoms with Crippen LogP contribution in [0.1, 0.15) is 24.5 Å². The summed E-state index contributed by atoms with van der Waals surface area (Å²) in [6.07, 6.45) is 1.60. The van der Waals surface area contributed by atoms with Gasteiger partial charge >= 0.3 is 0 Å². The third kappa shape index (κ3) is 2.20. The Kier molecular flexibility index (Phi) is 2.95. The van der Waals surface area contributed by atoms with E-state index in [4.69, 9.17) is 4.74 Å². The molecule has 0 bridgehead atoms. The van der Waals surface area contributed by atoms with Crippen molar-refractivity contribution in [3.8, 4) is 5.88 Å². The lowest BCUT2D eigenvalue weighted by atomic mass is 10.4. The molecule has 2 aromatic heterocycles. The van der Waals surface area contributed by atoms with E-state index in [-0.39, 0.29) is 17.8 Å². The number of ether oxygens (including phenoxy) is 1. The second-order valence-electron chi connectivity index (χ2n) is 3.93. The number of aromatic amines is 1. The number of amides is 1. The molecule has 0 fully saturated rings. The zero-order valence-corrected chi connectivity index (χ0v) is 9.94. The van der Waals surface area contributed by atoms with Gasteiger partial charge in [-0.15, -0.1) is 0 Å². The lowest BCUT2D eigenvalue weighted by molar-refractivity contribution is 0.0934. The van der Waals surface area contributed by atoms with E-state index in [1.165, 1.54) is 7.11 Å². The number of fused-ring (bicyclic) bond motifs is 1. The van der Waals surface area contributed by atoms with Crippen LogP contribution in [-0.2, 0) is 0 Å². The van der Waals surface area contributed by atoms with Crippen LogP contribution in [-0.4, -0.2) is 34.0 Å². The highest BCUT2D eigenvalue weighted by Gasteiger charge is 2.14. The molecular weight excluding hydrogens is 220 g/mol. The highest BCUT2D eigenvalue weighted by atomic mass is 16.5. The Hall–Kier alpha value is -2.11. The summed E-state index contributed by atoms with van der Waals surface area (Å²) >= 11 is 0. The van der Waals surface area contributed by atoms with Gasteiger partial charge in [-0.25, -0.2) is 9.97 Å². The van der Waals surface area contributed by atoms with Crippen LogP contribution in [0.4, 0.5) is 0 Å².